The second-order valence-electron chi connectivity index (χ2n) is 4.80. The Balaban J connectivity index is 3.20. The van der Waals surface area contributed by atoms with Crippen molar-refractivity contribution in [3.8, 4) is 0 Å². The summed E-state index contributed by atoms with van der Waals surface area (Å²) in [4.78, 5) is 0. The molecule has 0 aliphatic rings. The molecule has 16 heavy (non-hydrogen) atoms. The lowest BCUT2D eigenvalue weighted by atomic mass is 10.0. The lowest BCUT2D eigenvalue weighted by molar-refractivity contribution is 0.506. The second kappa shape index (κ2) is 5.48. The van der Waals surface area contributed by atoms with E-state index in [4.69, 9.17) is 10.8 Å². The maximum Gasteiger partial charge on any atom is 0.0657 e. The van der Waals surface area contributed by atoms with E-state index in [1.54, 1.807) is 0 Å². The number of nitrogens with zero attached hydrogens (tertiary/aromatic N) is 2. The van der Waals surface area contributed by atoms with E-state index in [2.05, 4.69) is 39.3 Å². The molecule has 2 N–H and O–H groups in total. The van der Waals surface area contributed by atoms with Gasteiger partial charge in [-0.3, -0.25) is 4.68 Å². The lowest BCUT2D eigenvalue weighted by Crippen LogP contribution is -2.19. The van der Waals surface area contributed by atoms with E-state index < -0.39 is 0 Å². The fourth-order valence-electron chi connectivity index (χ4n) is 2.20. The average molecular weight is 223 g/mol. The highest BCUT2D eigenvalue weighted by Crippen LogP contribution is 2.21. The molecule has 1 aromatic heterocycles. The van der Waals surface area contributed by atoms with Gasteiger partial charge in [-0.25, -0.2) is 0 Å². The molecule has 0 aromatic carbocycles. The molecular formula is C13H25N3. The standard InChI is InChI=1S/C13H25N3/c1-6-12-11(8-10(5)14)13(7-2)16(15-12)9(3)4/h9-10H,6-8,14H2,1-5H3. The molecule has 1 unspecified atom stereocenters. The van der Waals surface area contributed by atoms with Crippen LogP contribution in [-0.4, -0.2) is 15.8 Å². The fourth-order valence-corrected chi connectivity index (χ4v) is 2.20. The Bertz CT molecular complexity index is 337. The summed E-state index contributed by atoms with van der Waals surface area (Å²) in [7, 11) is 0. The Morgan fingerprint density at radius 1 is 1.19 bits per heavy atom. The van der Waals surface area contributed by atoms with Crippen LogP contribution in [0.1, 0.15) is 57.6 Å². The number of hydrogen-bond acceptors (Lipinski definition) is 2. The highest BCUT2D eigenvalue weighted by Gasteiger charge is 2.17. The van der Waals surface area contributed by atoms with Gasteiger partial charge in [0, 0.05) is 17.8 Å². The molecule has 3 nitrogen and oxygen atoms in total. The molecular weight excluding hydrogens is 198 g/mol. The highest BCUT2D eigenvalue weighted by molar-refractivity contribution is 5.28. The van der Waals surface area contributed by atoms with Crippen molar-refractivity contribution in [3.63, 3.8) is 0 Å². The molecule has 0 spiro atoms. The van der Waals surface area contributed by atoms with E-state index >= 15 is 0 Å². The van der Waals surface area contributed by atoms with Gasteiger partial charge in [0.2, 0.25) is 0 Å². The van der Waals surface area contributed by atoms with Crippen molar-refractivity contribution in [2.24, 2.45) is 5.73 Å². The summed E-state index contributed by atoms with van der Waals surface area (Å²) < 4.78 is 2.16. The summed E-state index contributed by atoms with van der Waals surface area (Å²) in [6.45, 7) is 10.8. The largest absolute Gasteiger partial charge is 0.328 e. The van der Waals surface area contributed by atoms with Gasteiger partial charge in [-0.1, -0.05) is 13.8 Å². The highest BCUT2D eigenvalue weighted by atomic mass is 15.3. The molecule has 0 saturated carbocycles. The summed E-state index contributed by atoms with van der Waals surface area (Å²) in [5.41, 5.74) is 9.89. The van der Waals surface area contributed by atoms with Gasteiger partial charge in [-0.2, -0.15) is 5.10 Å². The normalized spacial score (nSPS) is 13.4. The fraction of sp³-hybridized carbons (Fsp3) is 0.769. The lowest BCUT2D eigenvalue weighted by Gasteiger charge is -2.12. The second-order valence-corrected chi connectivity index (χ2v) is 4.80. The van der Waals surface area contributed by atoms with Crippen LogP contribution in [0.15, 0.2) is 0 Å². The number of nitrogens with two attached hydrogens (primary N) is 1. The van der Waals surface area contributed by atoms with E-state index in [1.807, 2.05) is 0 Å². The van der Waals surface area contributed by atoms with Gasteiger partial charge < -0.3 is 5.73 Å². The molecule has 0 bridgehead atoms. The van der Waals surface area contributed by atoms with Crippen LogP contribution in [0.5, 0.6) is 0 Å². The molecule has 0 aliphatic carbocycles. The van der Waals surface area contributed by atoms with Crippen LogP contribution in [0.4, 0.5) is 0 Å². The quantitative estimate of drug-likeness (QED) is 0.833. The van der Waals surface area contributed by atoms with Crippen molar-refractivity contribution in [3.05, 3.63) is 17.0 Å². The minimum absolute atomic E-state index is 0.209. The summed E-state index contributed by atoms with van der Waals surface area (Å²) in [5, 5.41) is 4.71. The van der Waals surface area contributed by atoms with Crippen LogP contribution < -0.4 is 5.73 Å². The first kappa shape index (κ1) is 13.2. The van der Waals surface area contributed by atoms with Crippen LogP contribution in [0, 0.1) is 0 Å². The zero-order valence-corrected chi connectivity index (χ0v) is 11.2. The van der Waals surface area contributed by atoms with Gasteiger partial charge in [0.1, 0.15) is 0 Å². The summed E-state index contributed by atoms with van der Waals surface area (Å²) >= 11 is 0. The van der Waals surface area contributed by atoms with E-state index in [9.17, 15) is 0 Å². The van der Waals surface area contributed by atoms with Crippen molar-refractivity contribution in [1.82, 2.24) is 9.78 Å². The SMILES string of the molecule is CCc1nn(C(C)C)c(CC)c1CC(C)N. The van der Waals surface area contributed by atoms with Gasteiger partial charge in [0.15, 0.2) is 0 Å². The maximum absolute atomic E-state index is 5.92. The van der Waals surface area contributed by atoms with Crippen molar-refractivity contribution < 1.29 is 0 Å². The molecule has 1 aromatic rings. The Hall–Kier alpha value is -0.830. The first-order valence-electron chi connectivity index (χ1n) is 6.35. The summed E-state index contributed by atoms with van der Waals surface area (Å²) in [6, 6.07) is 0.641. The van der Waals surface area contributed by atoms with E-state index in [1.165, 1.54) is 17.0 Å². The smallest absolute Gasteiger partial charge is 0.0657 e. The third kappa shape index (κ3) is 2.64. The van der Waals surface area contributed by atoms with Crippen LogP contribution in [0.2, 0.25) is 0 Å². The van der Waals surface area contributed by atoms with E-state index in [0.29, 0.717) is 6.04 Å². The van der Waals surface area contributed by atoms with Crippen LogP contribution >= 0.6 is 0 Å². The molecule has 0 fully saturated rings. The van der Waals surface area contributed by atoms with Crippen molar-refractivity contribution in [1.29, 1.82) is 0 Å². The molecule has 0 amide bonds. The zero-order valence-electron chi connectivity index (χ0n) is 11.2. The van der Waals surface area contributed by atoms with Gasteiger partial charge >= 0.3 is 0 Å². The first-order chi connectivity index (χ1) is 7.51. The van der Waals surface area contributed by atoms with E-state index in [-0.39, 0.29) is 6.04 Å². The molecule has 1 atom stereocenters. The Kier molecular flexibility index (Phi) is 4.54. The monoisotopic (exact) mass is 223 g/mol. The maximum atomic E-state index is 5.92. The molecule has 1 heterocycles. The van der Waals surface area contributed by atoms with Gasteiger partial charge in [-0.15, -0.1) is 0 Å². The number of rotatable bonds is 5. The molecule has 0 aliphatic heterocycles. The molecule has 92 valence electrons. The number of hydrogen-bond donors (Lipinski definition) is 1. The van der Waals surface area contributed by atoms with Crippen molar-refractivity contribution in [2.75, 3.05) is 0 Å². The van der Waals surface area contributed by atoms with E-state index in [0.717, 1.165) is 19.3 Å². The topological polar surface area (TPSA) is 43.8 Å². The summed E-state index contributed by atoms with van der Waals surface area (Å²) in [6.07, 6.45) is 2.97. The zero-order chi connectivity index (χ0) is 12.3. The average Bonchev–Trinajstić information content (AvgIpc) is 2.55. The van der Waals surface area contributed by atoms with Crippen molar-refractivity contribution in [2.45, 2.75) is 66.0 Å². The Morgan fingerprint density at radius 2 is 1.81 bits per heavy atom. The predicted octanol–water partition coefficient (Wildman–Crippen LogP) is 2.48. The number of aromatic nitrogens is 2. The Labute approximate surface area is 99.0 Å². The predicted molar refractivity (Wildman–Crippen MR) is 68.7 cm³/mol. The minimum Gasteiger partial charge on any atom is -0.328 e. The number of aryl methyl sites for hydroxylation is 1. The molecule has 1 rings (SSSR count). The van der Waals surface area contributed by atoms with Crippen LogP contribution in [-0.2, 0) is 19.3 Å². The van der Waals surface area contributed by atoms with Gasteiger partial charge in [0.25, 0.3) is 0 Å². The van der Waals surface area contributed by atoms with Crippen molar-refractivity contribution >= 4 is 0 Å². The molecule has 3 heteroatoms. The van der Waals surface area contributed by atoms with Crippen LogP contribution in [0.3, 0.4) is 0 Å². The third-order valence-corrected chi connectivity index (χ3v) is 2.89. The van der Waals surface area contributed by atoms with Gasteiger partial charge in [-0.05, 0) is 45.6 Å². The van der Waals surface area contributed by atoms with Crippen LogP contribution in [0.25, 0.3) is 0 Å². The molecule has 0 radical (unpaired) electrons. The Morgan fingerprint density at radius 3 is 2.19 bits per heavy atom. The first-order valence-corrected chi connectivity index (χ1v) is 6.35. The molecule has 0 saturated heterocycles. The van der Waals surface area contributed by atoms with Gasteiger partial charge in [0.05, 0.1) is 5.69 Å². The minimum atomic E-state index is 0.209. The third-order valence-electron chi connectivity index (χ3n) is 2.89. The summed E-state index contributed by atoms with van der Waals surface area (Å²) in [5.74, 6) is 0.